The Morgan fingerprint density at radius 3 is 2.38 bits per heavy atom. The van der Waals surface area contributed by atoms with Crippen LogP contribution >= 0.6 is 11.6 Å². The fourth-order valence-electron chi connectivity index (χ4n) is 2.67. The number of ether oxygens (including phenoxy) is 1. The van der Waals surface area contributed by atoms with Crippen LogP contribution in [0.3, 0.4) is 0 Å². The second kappa shape index (κ2) is 7.05. The normalized spacial score (nSPS) is 11.4. The molecule has 0 aliphatic rings. The topological polar surface area (TPSA) is 56.3 Å². The lowest BCUT2D eigenvalue weighted by atomic mass is 9.96. The predicted molar refractivity (Wildman–Crippen MR) is 99.7 cm³/mol. The van der Waals surface area contributed by atoms with E-state index in [9.17, 15) is 12.8 Å². The lowest BCUT2D eigenvalue weighted by Gasteiger charge is -2.12. The average molecular weight is 392 g/mol. The number of pyridine rings is 1. The number of methoxy groups -OCH3 is 1. The molecule has 0 atom stereocenters. The molecular weight excluding hydrogens is 377 g/mol. The molecule has 0 fully saturated rings. The van der Waals surface area contributed by atoms with E-state index in [0.717, 1.165) is 17.4 Å². The van der Waals surface area contributed by atoms with Crippen molar-refractivity contribution >= 4 is 21.4 Å². The van der Waals surface area contributed by atoms with E-state index in [2.05, 4.69) is 4.98 Å². The van der Waals surface area contributed by atoms with E-state index in [-0.39, 0.29) is 4.90 Å². The molecule has 0 amide bonds. The predicted octanol–water partition coefficient (Wildman–Crippen LogP) is 4.62. The van der Waals surface area contributed by atoms with E-state index >= 15 is 0 Å². The zero-order valence-electron chi connectivity index (χ0n) is 14.0. The van der Waals surface area contributed by atoms with Crippen LogP contribution in [0.25, 0.3) is 22.3 Å². The summed E-state index contributed by atoms with van der Waals surface area (Å²) in [6, 6.07) is 11.1. The van der Waals surface area contributed by atoms with Crippen LogP contribution in [0.15, 0.2) is 59.8 Å². The number of aromatic nitrogens is 1. The summed E-state index contributed by atoms with van der Waals surface area (Å²) >= 11 is 6.08. The fraction of sp³-hybridized carbons (Fsp3) is 0.105. The Labute approximate surface area is 156 Å². The van der Waals surface area contributed by atoms with Gasteiger partial charge in [-0.1, -0.05) is 23.7 Å². The third kappa shape index (κ3) is 3.57. The summed E-state index contributed by atoms with van der Waals surface area (Å²) in [5.41, 5.74) is 2.79. The van der Waals surface area contributed by atoms with E-state index in [1.807, 2.05) is 6.07 Å². The van der Waals surface area contributed by atoms with Crippen molar-refractivity contribution in [1.29, 1.82) is 0 Å². The molecule has 1 aromatic heterocycles. The molecule has 26 heavy (non-hydrogen) atoms. The molecule has 0 unspecified atom stereocenters. The van der Waals surface area contributed by atoms with Gasteiger partial charge in [-0.3, -0.25) is 4.98 Å². The molecule has 0 saturated carbocycles. The Hall–Kier alpha value is -2.44. The quantitative estimate of drug-likeness (QED) is 0.651. The summed E-state index contributed by atoms with van der Waals surface area (Å²) in [4.78, 5) is 3.78. The molecule has 0 bridgehead atoms. The third-order valence-electron chi connectivity index (χ3n) is 3.93. The second-order valence-electron chi connectivity index (χ2n) is 5.69. The van der Waals surface area contributed by atoms with Crippen molar-refractivity contribution in [2.45, 2.75) is 4.90 Å². The Morgan fingerprint density at radius 2 is 1.73 bits per heavy atom. The van der Waals surface area contributed by atoms with Crippen molar-refractivity contribution in [3.8, 4) is 28.0 Å². The highest BCUT2D eigenvalue weighted by Gasteiger charge is 2.16. The van der Waals surface area contributed by atoms with Gasteiger partial charge in [0, 0.05) is 24.2 Å². The fourth-order valence-corrected chi connectivity index (χ4v) is 3.60. The van der Waals surface area contributed by atoms with Gasteiger partial charge in [0.15, 0.2) is 9.84 Å². The monoisotopic (exact) mass is 391 g/mol. The molecule has 7 heteroatoms. The minimum atomic E-state index is -3.63. The summed E-state index contributed by atoms with van der Waals surface area (Å²) in [5.74, 6) is -0.279. The van der Waals surface area contributed by atoms with Crippen LogP contribution in [0.2, 0.25) is 5.02 Å². The zero-order chi connectivity index (χ0) is 18.9. The minimum absolute atomic E-state index is 0.333. The number of benzene rings is 2. The van der Waals surface area contributed by atoms with Crippen LogP contribution in [-0.2, 0) is 9.84 Å². The number of hydrogen-bond donors (Lipinski definition) is 0. The number of rotatable bonds is 4. The molecule has 4 nitrogen and oxygen atoms in total. The third-order valence-corrected chi connectivity index (χ3v) is 5.37. The molecule has 2 aromatic carbocycles. The van der Waals surface area contributed by atoms with E-state index in [1.54, 1.807) is 36.7 Å². The van der Waals surface area contributed by atoms with Gasteiger partial charge >= 0.3 is 0 Å². The summed E-state index contributed by atoms with van der Waals surface area (Å²) < 4.78 is 42.8. The maximum absolute atomic E-state index is 14.3. The van der Waals surface area contributed by atoms with Gasteiger partial charge < -0.3 is 4.74 Å². The maximum Gasteiger partial charge on any atom is 0.178 e. The number of halogens is 2. The van der Waals surface area contributed by atoms with Crippen LogP contribution in [0.5, 0.6) is 5.75 Å². The van der Waals surface area contributed by atoms with Crippen molar-refractivity contribution in [2.75, 3.05) is 13.4 Å². The first kappa shape index (κ1) is 18.4. The molecule has 1 heterocycles. The molecule has 0 aliphatic carbocycles. The van der Waals surface area contributed by atoms with Crippen LogP contribution in [0, 0.1) is 5.82 Å². The Balaban J connectivity index is 2.16. The average Bonchev–Trinajstić information content (AvgIpc) is 2.61. The van der Waals surface area contributed by atoms with E-state index in [1.165, 1.54) is 19.2 Å². The Bertz CT molecular complexity index is 1080. The Kier molecular flexibility index (Phi) is 4.98. The summed E-state index contributed by atoms with van der Waals surface area (Å²) in [6.07, 6.45) is 4.20. The van der Waals surface area contributed by atoms with Crippen molar-refractivity contribution in [2.24, 2.45) is 0 Å². The van der Waals surface area contributed by atoms with Gasteiger partial charge in [-0.2, -0.15) is 0 Å². The van der Waals surface area contributed by atoms with Gasteiger partial charge in [0.25, 0.3) is 0 Å². The van der Waals surface area contributed by atoms with Gasteiger partial charge in [0.05, 0.1) is 12.1 Å². The highest BCUT2D eigenvalue weighted by atomic mass is 35.5. The standard InChI is InChI=1S/C19H15ClFNO3S/c1-25-18-10-13(3-5-16(18)20)14-7-8-22-11-15(14)12-4-6-19(17(21)9-12)26(2,23)24/h3-11H,1-2H3. The minimum Gasteiger partial charge on any atom is -0.495 e. The van der Waals surface area contributed by atoms with Gasteiger partial charge in [0.2, 0.25) is 0 Å². The molecular formula is C19H15ClFNO3S. The lowest BCUT2D eigenvalue weighted by molar-refractivity contribution is 0.415. The maximum atomic E-state index is 14.3. The highest BCUT2D eigenvalue weighted by molar-refractivity contribution is 7.90. The molecule has 0 spiro atoms. The summed E-state index contributed by atoms with van der Waals surface area (Å²) in [5, 5.41) is 0.482. The van der Waals surface area contributed by atoms with E-state index < -0.39 is 15.7 Å². The SMILES string of the molecule is COc1cc(-c2ccncc2-c2ccc(S(C)(=O)=O)c(F)c2)ccc1Cl. The molecule has 0 radical (unpaired) electrons. The summed E-state index contributed by atoms with van der Waals surface area (Å²) in [7, 11) is -2.10. The van der Waals surface area contributed by atoms with Gasteiger partial charge in [-0.25, -0.2) is 12.8 Å². The van der Waals surface area contributed by atoms with Crippen LogP contribution in [0.1, 0.15) is 0 Å². The van der Waals surface area contributed by atoms with Crippen molar-refractivity contribution in [3.63, 3.8) is 0 Å². The molecule has 3 aromatic rings. The molecule has 0 N–H and O–H groups in total. The molecule has 134 valence electrons. The van der Waals surface area contributed by atoms with Crippen molar-refractivity contribution in [1.82, 2.24) is 4.98 Å². The largest absolute Gasteiger partial charge is 0.495 e. The number of hydrogen-bond acceptors (Lipinski definition) is 4. The zero-order valence-corrected chi connectivity index (χ0v) is 15.6. The second-order valence-corrected chi connectivity index (χ2v) is 8.08. The van der Waals surface area contributed by atoms with Gasteiger partial charge in [-0.15, -0.1) is 0 Å². The lowest BCUT2D eigenvalue weighted by Crippen LogP contribution is -2.01. The number of nitrogens with zero attached hydrogens (tertiary/aromatic N) is 1. The first-order valence-corrected chi connectivity index (χ1v) is 9.86. The first-order valence-electron chi connectivity index (χ1n) is 7.59. The van der Waals surface area contributed by atoms with Crippen molar-refractivity contribution in [3.05, 3.63) is 65.7 Å². The molecule has 0 saturated heterocycles. The number of sulfone groups is 1. The van der Waals surface area contributed by atoms with Crippen LogP contribution in [0.4, 0.5) is 4.39 Å². The smallest absolute Gasteiger partial charge is 0.178 e. The van der Waals surface area contributed by atoms with E-state index in [0.29, 0.717) is 21.9 Å². The van der Waals surface area contributed by atoms with E-state index in [4.69, 9.17) is 16.3 Å². The van der Waals surface area contributed by atoms with Gasteiger partial charge in [-0.05, 0) is 47.0 Å². The molecule has 0 aliphatic heterocycles. The highest BCUT2D eigenvalue weighted by Crippen LogP contribution is 2.36. The molecule has 3 rings (SSSR count). The summed E-state index contributed by atoms with van der Waals surface area (Å²) in [6.45, 7) is 0. The van der Waals surface area contributed by atoms with Crippen LogP contribution in [-0.4, -0.2) is 26.8 Å². The first-order chi connectivity index (χ1) is 12.3. The van der Waals surface area contributed by atoms with Crippen LogP contribution < -0.4 is 4.74 Å². The van der Waals surface area contributed by atoms with Gasteiger partial charge in [0.1, 0.15) is 16.5 Å². The van der Waals surface area contributed by atoms with Crippen molar-refractivity contribution < 1.29 is 17.5 Å². The Morgan fingerprint density at radius 1 is 1.04 bits per heavy atom.